The first-order chi connectivity index (χ1) is 12.6. The Labute approximate surface area is 153 Å². The lowest BCUT2D eigenvalue weighted by Crippen LogP contribution is -2.24. The van der Waals surface area contributed by atoms with Gasteiger partial charge >= 0.3 is 5.97 Å². The molecule has 26 heavy (non-hydrogen) atoms. The van der Waals surface area contributed by atoms with Crippen molar-refractivity contribution in [1.29, 1.82) is 0 Å². The molecule has 0 aliphatic rings. The van der Waals surface area contributed by atoms with E-state index in [0.717, 1.165) is 10.9 Å². The zero-order chi connectivity index (χ0) is 18.5. The van der Waals surface area contributed by atoms with Crippen molar-refractivity contribution in [2.24, 2.45) is 0 Å². The first-order valence-electron chi connectivity index (χ1n) is 8.22. The van der Waals surface area contributed by atoms with Crippen molar-refractivity contribution in [3.05, 3.63) is 72.3 Å². The quantitative estimate of drug-likeness (QED) is 0.411. The zero-order valence-corrected chi connectivity index (χ0v) is 15.2. The fourth-order valence-electron chi connectivity index (χ4n) is 2.90. The number of nitrogens with zero attached hydrogens (tertiary/aromatic N) is 1. The minimum atomic E-state index is -2.81. The number of benzene rings is 3. The number of thiol groups is 1. The Bertz CT molecular complexity index is 991. The Morgan fingerprint density at radius 2 is 1.62 bits per heavy atom. The Hall–Kier alpha value is -2.86. The number of carbonyl (C=O) groups is 1. The average Bonchev–Trinajstić information content (AvgIpc) is 2.62. The molecule has 0 amide bonds. The lowest BCUT2D eigenvalue weighted by molar-refractivity contribution is -0.131. The number of hydrogen-bond acceptors (Lipinski definition) is 4. The highest BCUT2D eigenvalue weighted by Crippen LogP contribution is 2.33. The summed E-state index contributed by atoms with van der Waals surface area (Å²) >= 11 is 0. The van der Waals surface area contributed by atoms with Gasteiger partial charge in [-0.25, -0.2) is 8.42 Å². The fraction of sp³-hybridized carbons (Fsp3) is 0.150. The van der Waals surface area contributed by atoms with E-state index in [1.807, 2.05) is 42.5 Å². The number of fused-ring (bicyclic) bond motifs is 1. The molecule has 3 aromatic carbocycles. The molecule has 0 bridgehead atoms. The van der Waals surface area contributed by atoms with E-state index in [2.05, 4.69) is 0 Å². The maximum absolute atomic E-state index is 11.9. The van der Waals surface area contributed by atoms with Crippen LogP contribution >= 0.6 is 0 Å². The highest BCUT2D eigenvalue weighted by atomic mass is 32.2. The van der Waals surface area contributed by atoms with Crippen molar-refractivity contribution < 1.29 is 17.9 Å². The maximum atomic E-state index is 11.9. The molecule has 6 heteroatoms. The summed E-state index contributed by atoms with van der Waals surface area (Å²) in [6.45, 7) is 1.67. The second-order valence-corrected chi connectivity index (χ2v) is 6.78. The average molecular weight is 369 g/mol. The van der Waals surface area contributed by atoms with Gasteiger partial charge in [0.15, 0.2) is 0 Å². The summed E-state index contributed by atoms with van der Waals surface area (Å²) in [7, 11) is -2.81. The fourth-order valence-corrected chi connectivity index (χ4v) is 3.52. The molecule has 0 atom stereocenters. The van der Waals surface area contributed by atoms with Gasteiger partial charge in [0.05, 0.1) is 5.69 Å². The number of carbonyl (C=O) groups excluding carboxylic acids is 1. The van der Waals surface area contributed by atoms with Gasteiger partial charge in [-0.05, 0) is 24.1 Å². The number of rotatable bonds is 6. The summed E-state index contributed by atoms with van der Waals surface area (Å²) in [5.74, 6) is -0.000256. The van der Waals surface area contributed by atoms with Crippen LogP contribution in [0.25, 0.3) is 10.8 Å². The standard InChI is InChI=1S/C20H19NO4S/c1-15(22)25-20-12-6-9-17-18(20)10-5-11-19(17)21(26(23)24)14-13-16-7-3-2-4-8-16/h2-12,26H,13-14H2,1H3. The van der Waals surface area contributed by atoms with E-state index >= 15 is 0 Å². The van der Waals surface area contributed by atoms with Gasteiger partial charge in [-0.3, -0.25) is 9.10 Å². The van der Waals surface area contributed by atoms with Gasteiger partial charge in [0, 0.05) is 24.2 Å². The van der Waals surface area contributed by atoms with Crippen molar-refractivity contribution in [2.75, 3.05) is 10.8 Å². The van der Waals surface area contributed by atoms with Gasteiger partial charge in [-0.15, -0.1) is 0 Å². The van der Waals surface area contributed by atoms with E-state index in [1.165, 1.54) is 11.2 Å². The normalized spacial score (nSPS) is 10.8. The maximum Gasteiger partial charge on any atom is 0.308 e. The van der Waals surface area contributed by atoms with Gasteiger partial charge in [-0.1, -0.05) is 54.6 Å². The van der Waals surface area contributed by atoms with Crippen LogP contribution in [0.5, 0.6) is 5.75 Å². The Kier molecular flexibility index (Phi) is 5.53. The molecule has 0 radical (unpaired) electrons. The summed E-state index contributed by atoms with van der Waals surface area (Å²) in [5, 5.41) is 1.42. The van der Waals surface area contributed by atoms with E-state index in [9.17, 15) is 13.2 Å². The van der Waals surface area contributed by atoms with Crippen LogP contribution in [0.3, 0.4) is 0 Å². The molecule has 0 fully saturated rings. The summed E-state index contributed by atoms with van der Waals surface area (Å²) < 4.78 is 30.4. The van der Waals surface area contributed by atoms with Crippen molar-refractivity contribution in [3.63, 3.8) is 0 Å². The van der Waals surface area contributed by atoms with E-state index in [-0.39, 0.29) is 0 Å². The minimum absolute atomic E-state index is 0.333. The van der Waals surface area contributed by atoms with Crippen molar-refractivity contribution in [2.45, 2.75) is 13.3 Å². The second kappa shape index (κ2) is 8.01. The molecule has 0 saturated heterocycles. The largest absolute Gasteiger partial charge is 0.426 e. The molecule has 0 N–H and O–H groups in total. The van der Waals surface area contributed by atoms with Gasteiger partial charge in [0.25, 0.3) is 0 Å². The van der Waals surface area contributed by atoms with E-state index in [1.54, 1.807) is 24.3 Å². The third-order valence-corrected chi connectivity index (χ3v) is 4.85. The smallest absolute Gasteiger partial charge is 0.308 e. The molecule has 0 heterocycles. The lowest BCUT2D eigenvalue weighted by atomic mass is 10.1. The predicted octanol–water partition coefficient (Wildman–Crippen LogP) is 3.34. The van der Waals surface area contributed by atoms with E-state index in [0.29, 0.717) is 29.8 Å². The van der Waals surface area contributed by atoms with E-state index in [4.69, 9.17) is 4.74 Å². The molecule has 134 valence electrons. The highest BCUT2D eigenvalue weighted by Gasteiger charge is 2.14. The third-order valence-electron chi connectivity index (χ3n) is 4.04. The van der Waals surface area contributed by atoms with Crippen molar-refractivity contribution in [1.82, 2.24) is 0 Å². The molecule has 0 unspecified atom stereocenters. The van der Waals surface area contributed by atoms with Gasteiger partial charge in [0.1, 0.15) is 5.75 Å². The number of esters is 1. The van der Waals surface area contributed by atoms with Gasteiger partial charge in [0.2, 0.25) is 10.9 Å². The summed E-state index contributed by atoms with van der Waals surface area (Å²) in [4.78, 5) is 11.3. The van der Waals surface area contributed by atoms with E-state index < -0.39 is 16.9 Å². The molecule has 0 aliphatic heterocycles. The molecule has 0 spiro atoms. The van der Waals surface area contributed by atoms with Crippen LogP contribution in [0.1, 0.15) is 12.5 Å². The first kappa shape index (κ1) is 17.9. The Balaban J connectivity index is 1.99. The zero-order valence-electron chi connectivity index (χ0n) is 14.3. The Morgan fingerprint density at radius 1 is 0.923 bits per heavy atom. The minimum Gasteiger partial charge on any atom is -0.426 e. The second-order valence-electron chi connectivity index (χ2n) is 5.82. The molecular weight excluding hydrogens is 350 g/mol. The Morgan fingerprint density at radius 3 is 2.31 bits per heavy atom. The summed E-state index contributed by atoms with van der Waals surface area (Å²) in [5.41, 5.74) is 1.64. The topological polar surface area (TPSA) is 63.7 Å². The summed E-state index contributed by atoms with van der Waals surface area (Å²) in [6.07, 6.45) is 0.601. The van der Waals surface area contributed by atoms with Crippen LogP contribution in [-0.4, -0.2) is 20.9 Å². The molecule has 3 aromatic rings. The third kappa shape index (κ3) is 4.03. The van der Waals surface area contributed by atoms with Gasteiger partial charge in [-0.2, -0.15) is 0 Å². The molecule has 0 saturated carbocycles. The van der Waals surface area contributed by atoms with Crippen LogP contribution in [0.4, 0.5) is 5.69 Å². The van der Waals surface area contributed by atoms with Crippen molar-refractivity contribution >= 4 is 33.3 Å². The van der Waals surface area contributed by atoms with Gasteiger partial charge < -0.3 is 4.74 Å². The number of hydrogen-bond donors (Lipinski definition) is 1. The highest BCUT2D eigenvalue weighted by molar-refractivity contribution is 7.74. The van der Waals surface area contributed by atoms with Crippen LogP contribution in [0, 0.1) is 0 Å². The van der Waals surface area contributed by atoms with Crippen LogP contribution in [-0.2, 0) is 22.1 Å². The monoisotopic (exact) mass is 369 g/mol. The molecule has 5 nitrogen and oxygen atoms in total. The predicted molar refractivity (Wildman–Crippen MR) is 103 cm³/mol. The molecule has 3 rings (SSSR count). The number of anilines is 1. The number of ether oxygens (including phenoxy) is 1. The van der Waals surface area contributed by atoms with Crippen molar-refractivity contribution in [3.8, 4) is 5.75 Å². The molecule has 0 aromatic heterocycles. The molecular formula is C20H19NO4S. The summed E-state index contributed by atoms with van der Waals surface area (Å²) in [6, 6.07) is 20.3. The molecule has 0 aliphatic carbocycles. The SMILES string of the molecule is CC(=O)Oc1cccc2c(N(CCc3ccccc3)[SH](=O)=O)cccc12. The lowest BCUT2D eigenvalue weighted by Gasteiger charge is -2.20. The van der Waals surface area contributed by atoms with Crippen LogP contribution in [0.2, 0.25) is 0 Å². The van der Waals surface area contributed by atoms with Crippen LogP contribution in [0.15, 0.2) is 66.7 Å². The first-order valence-corrected chi connectivity index (χ1v) is 9.35. The van der Waals surface area contributed by atoms with Crippen LogP contribution < -0.4 is 9.04 Å².